The number of carbonyl (C=O) groups is 3. The number of fused-ring (bicyclic) bond motifs is 2. The van der Waals surface area contributed by atoms with E-state index >= 15 is 0 Å². The van der Waals surface area contributed by atoms with E-state index in [1.807, 2.05) is 0 Å². The summed E-state index contributed by atoms with van der Waals surface area (Å²) in [6.45, 7) is -0.232. The number of anilines is 2. The van der Waals surface area contributed by atoms with Crippen LogP contribution in [0.5, 0.6) is 17.2 Å². The molecule has 0 aliphatic carbocycles. The minimum atomic E-state index is -0.964. The largest absolute Gasteiger partial charge is 0.490 e. The molecule has 0 saturated heterocycles. The van der Waals surface area contributed by atoms with Gasteiger partial charge in [-0.1, -0.05) is 0 Å². The Morgan fingerprint density at radius 3 is 2.28 bits per heavy atom. The Hall–Kier alpha value is -4.46. The molecule has 2 N–H and O–H groups in total. The summed E-state index contributed by atoms with van der Waals surface area (Å²) in [5.74, 6) is -4.54. The molecule has 0 saturated carbocycles. The van der Waals surface area contributed by atoms with Crippen molar-refractivity contribution in [2.45, 2.75) is 13.0 Å². The Kier molecular flexibility index (Phi) is 8.44. The van der Waals surface area contributed by atoms with Gasteiger partial charge in [-0.25, -0.2) is 27.6 Å². The third kappa shape index (κ3) is 6.17. The fraction of sp³-hybridized carbons (Fsp3) is 0.240. The van der Waals surface area contributed by atoms with E-state index < -0.39 is 35.4 Å². The SMILES string of the molecule is COC(=O)c1scc(NC(=O)Nc2cc3c(cc2F)OCCCOc2c(F)cc(F)cc2CO3)c1C(=O)OC. The zero-order valence-electron chi connectivity index (χ0n) is 20.5. The third-order valence-electron chi connectivity index (χ3n) is 5.34. The number of nitrogens with one attached hydrogen (secondary N) is 2. The lowest BCUT2D eigenvalue weighted by Crippen LogP contribution is -2.22. The van der Waals surface area contributed by atoms with E-state index in [4.69, 9.17) is 14.2 Å². The van der Waals surface area contributed by atoms with Gasteiger partial charge in [0.05, 0.1) is 38.8 Å². The van der Waals surface area contributed by atoms with Gasteiger partial charge < -0.3 is 34.3 Å². The highest BCUT2D eigenvalue weighted by molar-refractivity contribution is 7.13. The molecule has 0 spiro atoms. The highest BCUT2D eigenvalue weighted by Crippen LogP contribution is 2.36. The monoisotopic (exact) mass is 566 g/mol. The van der Waals surface area contributed by atoms with Gasteiger partial charge in [0.2, 0.25) is 0 Å². The van der Waals surface area contributed by atoms with E-state index in [0.29, 0.717) is 12.5 Å². The number of esters is 2. The van der Waals surface area contributed by atoms with Gasteiger partial charge in [0.25, 0.3) is 0 Å². The van der Waals surface area contributed by atoms with Crippen LogP contribution >= 0.6 is 11.3 Å². The zero-order chi connectivity index (χ0) is 28.1. The molecule has 1 aliphatic rings. The Bertz CT molecular complexity index is 1430. The van der Waals surface area contributed by atoms with Crippen LogP contribution in [0.25, 0.3) is 0 Å². The third-order valence-corrected chi connectivity index (χ3v) is 6.30. The van der Waals surface area contributed by atoms with Gasteiger partial charge in [0.1, 0.15) is 22.9 Å². The van der Waals surface area contributed by atoms with E-state index in [0.717, 1.165) is 43.8 Å². The summed E-state index contributed by atoms with van der Waals surface area (Å²) in [5.41, 5.74) is -0.565. The van der Waals surface area contributed by atoms with Gasteiger partial charge >= 0.3 is 18.0 Å². The molecule has 0 bridgehead atoms. The number of methoxy groups -OCH3 is 2. The topological polar surface area (TPSA) is 121 Å². The van der Waals surface area contributed by atoms with Crippen LogP contribution in [0.4, 0.5) is 29.3 Å². The summed E-state index contributed by atoms with van der Waals surface area (Å²) in [4.78, 5) is 36.8. The molecule has 0 unspecified atom stereocenters. The molecule has 2 heterocycles. The number of carbonyl (C=O) groups excluding carboxylic acids is 3. The van der Waals surface area contributed by atoms with E-state index in [1.165, 1.54) is 5.38 Å². The molecule has 2 aromatic carbocycles. The number of thiophene rings is 1. The number of rotatable bonds is 4. The zero-order valence-corrected chi connectivity index (χ0v) is 21.3. The Labute approximate surface area is 223 Å². The highest BCUT2D eigenvalue weighted by atomic mass is 32.1. The molecule has 1 aromatic heterocycles. The molecule has 0 radical (unpaired) electrons. The van der Waals surface area contributed by atoms with Crippen molar-refractivity contribution >= 4 is 40.7 Å². The predicted molar refractivity (Wildman–Crippen MR) is 132 cm³/mol. The molecule has 0 atom stereocenters. The fourth-order valence-electron chi connectivity index (χ4n) is 3.58. The summed E-state index contributed by atoms with van der Waals surface area (Å²) in [6, 6.07) is 2.89. The van der Waals surface area contributed by atoms with Gasteiger partial charge in [0.15, 0.2) is 28.9 Å². The van der Waals surface area contributed by atoms with Gasteiger partial charge in [-0.3, -0.25) is 0 Å². The van der Waals surface area contributed by atoms with Crippen LogP contribution in [0.3, 0.4) is 0 Å². The lowest BCUT2D eigenvalue weighted by Gasteiger charge is -2.16. The highest BCUT2D eigenvalue weighted by Gasteiger charge is 2.26. The van der Waals surface area contributed by atoms with Crippen LogP contribution in [0.1, 0.15) is 32.0 Å². The molecular weight excluding hydrogens is 545 g/mol. The smallest absolute Gasteiger partial charge is 0.349 e. The van der Waals surface area contributed by atoms with Crippen LogP contribution in [0.15, 0.2) is 29.6 Å². The van der Waals surface area contributed by atoms with E-state index in [9.17, 15) is 27.6 Å². The maximum Gasteiger partial charge on any atom is 0.349 e. The summed E-state index contributed by atoms with van der Waals surface area (Å²) in [7, 11) is 2.22. The van der Waals surface area contributed by atoms with Crippen molar-refractivity contribution in [1.82, 2.24) is 0 Å². The molecule has 39 heavy (non-hydrogen) atoms. The minimum Gasteiger partial charge on any atom is -0.490 e. The number of hydrogen-bond acceptors (Lipinski definition) is 9. The maximum absolute atomic E-state index is 14.9. The van der Waals surface area contributed by atoms with Crippen molar-refractivity contribution in [1.29, 1.82) is 0 Å². The minimum absolute atomic E-state index is 0.00712. The Morgan fingerprint density at radius 2 is 1.54 bits per heavy atom. The number of urea groups is 1. The molecule has 4 rings (SSSR count). The molecule has 2 amide bonds. The summed E-state index contributed by atoms with van der Waals surface area (Å²) in [5, 5.41) is 5.98. The summed E-state index contributed by atoms with van der Waals surface area (Å²) < 4.78 is 69.0. The fourth-order valence-corrected chi connectivity index (χ4v) is 4.49. The van der Waals surface area contributed by atoms with Crippen molar-refractivity contribution in [3.05, 3.63) is 63.1 Å². The van der Waals surface area contributed by atoms with Gasteiger partial charge in [-0.15, -0.1) is 11.3 Å². The first-order chi connectivity index (χ1) is 18.7. The number of hydrogen-bond donors (Lipinski definition) is 2. The average molecular weight is 567 g/mol. The number of halogens is 3. The van der Waals surface area contributed by atoms with E-state index in [2.05, 4.69) is 20.1 Å². The van der Waals surface area contributed by atoms with Crippen molar-refractivity contribution in [3.8, 4) is 17.2 Å². The summed E-state index contributed by atoms with van der Waals surface area (Å²) in [6.07, 6.45) is 0.302. The van der Waals surface area contributed by atoms with Gasteiger partial charge in [0, 0.05) is 35.6 Å². The van der Waals surface area contributed by atoms with Crippen LogP contribution in [0, 0.1) is 17.5 Å². The number of benzene rings is 2. The summed E-state index contributed by atoms with van der Waals surface area (Å²) >= 11 is 0.837. The standard InChI is InChI=1S/C25H21F3N2O8S/c1-34-23(31)20-17(11-39-22(20)24(32)35-2)30-25(33)29-16-9-19-18(8-14(16)27)36-4-3-5-37-21-12(10-38-19)6-13(26)7-15(21)28/h6-9,11H,3-5,10H2,1-2H3,(H2,29,30,33). The van der Waals surface area contributed by atoms with Gasteiger partial charge in [-0.2, -0.15) is 0 Å². The van der Waals surface area contributed by atoms with Crippen molar-refractivity contribution in [2.24, 2.45) is 0 Å². The predicted octanol–water partition coefficient (Wildman–Crippen LogP) is 5.12. The van der Waals surface area contributed by atoms with Crippen LogP contribution in [0.2, 0.25) is 0 Å². The maximum atomic E-state index is 14.9. The molecular formula is C25H21F3N2O8S. The molecule has 1 aliphatic heterocycles. The quantitative estimate of drug-likeness (QED) is 0.418. The Balaban J connectivity index is 1.59. The van der Waals surface area contributed by atoms with Crippen molar-refractivity contribution in [2.75, 3.05) is 38.1 Å². The first kappa shape index (κ1) is 27.6. The molecule has 14 heteroatoms. The van der Waals surface area contributed by atoms with Crippen molar-refractivity contribution in [3.63, 3.8) is 0 Å². The lowest BCUT2D eigenvalue weighted by atomic mass is 10.2. The first-order valence-corrected chi connectivity index (χ1v) is 12.2. The van der Waals surface area contributed by atoms with Crippen LogP contribution < -0.4 is 24.8 Å². The molecule has 206 valence electrons. The van der Waals surface area contributed by atoms with Crippen LogP contribution in [-0.2, 0) is 16.1 Å². The number of ether oxygens (including phenoxy) is 5. The van der Waals surface area contributed by atoms with Gasteiger partial charge in [-0.05, 0) is 6.07 Å². The second-order valence-corrected chi connectivity index (χ2v) is 8.79. The number of amides is 2. The molecule has 3 aromatic rings. The average Bonchev–Trinajstić information content (AvgIpc) is 3.30. The Morgan fingerprint density at radius 1 is 0.846 bits per heavy atom. The molecule has 0 fully saturated rings. The molecule has 10 nitrogen and oxygen atoms in total. The normalized spacial score (nSPS) is 12.7. The van der Waals surface area contributed by atoms with E-state index in [1.54, 1.807) is 0 Å². The van der Waals surface area contributed by atoms with E-state index in [-0.39, 0.29) is 64.4 Å². The van der Waals surface area contributed by atoms with Crippen molar-refractivity contribution < 1.29 is 51.2 Å². The lowest BCUT2D eigenvalue weighted by molar-refractivity contribution is 0.0561. The second kappa shape index (κ2) is 11.9. The second-order valence-electron chi connectivity index (χ2n) is 7.91. The van der Waals surface area contributed by atoms with Crippen LogP contribution in [-0.4, -0.2) is 45.4 Å². The first-order valence-electron chi connectivity index (χ1n) is 11.3.